The first-order valence-corrected chi connectivity index (χ1v) is 10.9. The molecule has 0 radical (unpaired) electrons. The second kappa shape index (κ2) is 9.80. The highest BCUT2D eigenvalue weighted by Crippen LogP contribution is 2.30. The van der Waals surface area contributed by atoms with E-state index in [0.29, 0.717) is 35.5 Å². The molecule has 26 heavy (non-hydrogen) atoms. The van der Waals surface area contributed by atoms with E-state index >= 15 is 0 Å². The third kappa shape index (κ3) is 6.73. The van der Waals surface area contributed by atoms with E-state index in [9.17, 15) is 8.42 Å². The summed E-state index contributed by atoms with van der Waals surface area (Å²) in [6.07, 6.45) is 0.614. The molecule has 1 aromatic rings. The summed E-state index contributed by atoms with van der Waals surface area (Å²) in [7, 11) is -2.92. The standard InChI is InChI=1S/C17H25Cl2N3O2S.HI/c1-4-20-16(22-13-7-8-25(23,24)10-13)21-11-17(2,3)12-5-6-14(18)15(19)9-12;/h5-6,9,13H,4,7-8,10-11H2,1-3H3,(H2,20,21,22);1H. The Bertz CT molecular complexity index is 754. The Morgan fingerprint density at radius 3 is 2.54 bits per heavy atom. The molecule has 1 heterocycles. The first-order chi connectivity index (χ1) is 11.6. The molecule has 0 spiro atoms. The van der Waals surface area contributed by atoms with Crippen molar-refractivity contribution >= 4 is 63.0 Å². The number of aliphatic imine (C=N–C) groups is 1. The topological polar surface area (TPSA) is 70.6 Å². The molecule has 0 amide bonds. The van der Waals surface area contributed by atoms with E-state index in [0.717, 1.165) is 5.56 Å². The fraction of sp³-hybridized carbons (Fsp3) is 0.588. The molecule has 1 saturated heterocycles. The van der Waals surface area contributed by atoms with Crippen LogP contribution in [-0.2, 0) is 15.3 Å². The average molecular weight is 534 g/mol. The fourth-order valence-electron chi connectivity index (χ4n) is 2.71. The number of nitrogens with zero attached hydrogens (tertiary/aromatic N) is 1. The maximum Gasteiger partial charge on any atom is 0.191 e. The normalized spacial score (nSPS) is 19.7. The lowest BCUT2D eigenvalue weighted by atomic mass is 9.85. The van der Waals surface area contributed by atoms with Gasteiger partial charge in [0.05, 0.1) is 28.1 Å². The molecule has 2 rings (SSSR count). The average Bonchev–Trinajstić information content (AvgIpc) is 2.86. The highest BCUT2D eigenvalue weighted by atomic mass is 127. The minimum Gasteiger partial charge on any atom is -0.357 e. The number of nitrogens with one attached hydrogen (secondary N) is 2. The molecule has 1 aliphatic heterocycles. The molecule has 0 bridgehead atoms. The van der Waals surface area contributed by atoms with Crippen LogP contribution in [0.4, 0.5) is 0 Å². The van der Waals surface area contributed by atoms with Crippen molar-refractivity contribution in [1.29, 1.82) is 0 Å². The lowest BCUT2D eigenvalue weighted by molar-refractivity contribution is 0.535. The van der Waals surface area contributed by atoms with Crippen molar-refractivity contribution < 1.29 is 8.42 Å². The number of halogens is 3. The predicted octanol–water partition coefficient (Wildman–Crippen LogP) is 3.63. The summed E-state index contributed by atoms with van der Waals surface area (Å²) in [4.78, 5) is 4.65. The van der Waals surface area contributed by atoms with Crippen molar-refractivity contribution in [2.75, 3.05) is 24.6 Å². The Hall–Kier alpha value is -0.250. The van der Waals surface area contributed by atoms with Crippen LogP contribution < -0.4 is 10.6 Å². The summed E-state index contributed by atoms with van der Waals surface area (Å²) in [5.41, 5.74) is 0.808. The molecule has 0 aromatic heterocycles. The van der Waals surface area contributed by atoms with E-state index in [4.69, 9.17) is 23.2 Å². The van der Waals surface area contributed by atoms with Crippen LogP contribution >= 0.6 is 47.2 Å². The Morgan fingerprint density at radius 1 is 1.31 bits per heavy atom. The number of hydrogen-bond donors (Lipinski definition) is 2. The molecule has 1 atom stereocenters. The number of hydrogen-bond acceptors (Lipinski definition) is 3. The van der Waals surface area contributed by atoms with Crippen molar-refractivity contribution in [3.63, 3.8) is 0 Å². The van der Waals surface area contributed by atoms with E-state index in [2.05, 4.69) is 29.5 Å². The van der Waals surface area contributed by atoms with Gasteiger partial charge in [-0.15, -0.1) is 24.0 Å². The van der Waals surface area contributed by atoms with E-state index in [1.54, 1.807) is 6.07 Å². The van der Waals surface area contributed by atoms with Crippen LogP contribution in [0.15, 0.2) is 23.2 Å². The molecule has 9 heteroatoms. The van der Waals surface area contributed by atoms with Gasteiger partial charge in [-0.05, 0) is 31.0 Å². The first-order valence-electron chi connectivity index (χ1n) is 8.34. The second-order valence-corrected chi connectivity index (χ2v) is 10.00. The van der Waals surface area contributed by atoms with E-state index in [1.165, 1.54) is 0 Å². The smallest absolute Gasteiger partial charge is 0.191 e. The van der Waals surface area contributed by atoms with Gasteiger partial charge in [0.15, 0.2) is 15.8 Å². The predicted molar refractivity (Wildman–Crippen MR) is 121 cm³/mol. The lowest BCUT2D eigenvalue weighted by Gasteiger charge is -2.25. The summed E-state index contributed by atoms with van der Waals surface area (Å²) in [6, 6.07) is 5.52. The maximum atomic E-state index is 11.6. The van der Waals surface area contributed by atoms with Crippen molar-refractivity contribution in [3.05, 3.63) is 33.8 Å². The highest BCUT2D eigenvalue weighted by Gasteiger charge is 2.28. The zero-order valence-electron chi connectivity index (χ0n) is 15.2. The van der Waals surface area contributed by atoms with Crippen LogP contribution in [0.2, 0.25) is 10.0 Å². The zero-order chi connectivity index (χ0) is 18.7. The summed E-state index contributed by atoms with van der Waals surface area (Å²) in [5.74, 6) is 1.03. The number of sulfone groups is 1. The summed E-state index contributed by atoms with van der Waals surface area (Å²) in [6.45, 7) is 7.38. The van der Waals surface area contributed by atoms with Crippen LogP contribution in [0.1, 0.15) is 32.8 Å². The quantitative estimate of drug-likeness (QED) is 0.344. The van der Waals surface area contributed by atoms with Gasteiger partial charge in [-0.3, -0.25) is 4.99 Å². The van der Waals surface area contributed by atoms with Crippen molar-refractivity contribution in [1.82, 2.24) is 10.6 Å². The molecule has 0 saturated carbocycles. The first kappa shape index (κ1) is 23.8. The number of guanidine groups is 1. The van der Waals surface area contributed by atoms with Gasteiger partial charge in [0.1, 0.15) is 0 Å². The van der Waals surface area contributed by atoms with Crippen molar-refractivity contribution in [2.45, 2.75) is 38.6 Å². The monoisotopic (exact) mass is 533 g/mol. The summed E-state index contributed by atoms with van der Waals surface area (Å²) >= 11 is 12.1. The van der Waals surface area contributed by atoms with E-state index < -0.39 is 9.84 Å². The van der Waals surface area contributed by atoms with Crippen LogP contribution in [-0.4, -0.2) is 45.0 Å². The Morgan fingerprint density at radius 2 is 2.00 bits per heavy atom. The lowest BCUT2D eigenvalue weighted by Crippen LogP contribution is -2.44. The van der Waals surface area contributed by atoms with Gasteiger partial charge in [-0.25, -0.2) is 8.42 Å². The van der Waals surface area contributed by atoms with Crippen LogP contribution in [0.25, 0.3) is 0 Å². The SMILES string of the molecule is CCNC(=NCC(C)(C)c1ccc(Cl)c(Cl)c1)NC1CCS(=O)(=O)C1.I. The van der Waals surface area contributed by atoms with Crippen molar-refractivity contribution in [3.8, 4) is 0 Å². The molecule has 1 unspecified atom stereocenters. The summed E-state index contributed by atoms with van der Waals surface area (Å²) in [5, 5.41) is 7.46. The minimum absolute atomic E-state index is 0. The maximum absolute atomic E-state index is 11.6. The highest BCUT2D eigenvalue weighted by molar-refractivity contribution is 14.0. The zero-order valence-corrected chi connectivity index (χ0v) is 19.8. The van der Waals surface area contributed by atoms with E-state index in [-0.39, 0.29) is 46.9 Å². The van der Waals surface area contributed by atoms with Gasteiger partial charge < -0.3 is 10.6 Å². The Balaban J connectivity index is 0.00000338. The largest absolute Gasteiger partial charge is 0.357 e. The molecular weight excluding hydrogens is 508 g/mol. The Kier molecular flexibility index (Phi) is 8.96. The van der Waals surface area contributed by atoms with Crippen molar-refractivity contribution in [2.24, 2.45) is 4.99 Å². The molecule has 0 aliphatic carbocycles. The number of benzene rings is 1. The van der Waals surface area contributed by atoms with Gasteiger partial charge in [0, 0.05) is 18.0 Å². The van der Waals surface area contributed by atoms with Gasteiger partial charge in [-0.1, -0.05) is 43.1 Å². The fourth-order valence-corrected chi connectivity index (χ4v) is 4.68. The molecule has 5 nitrogen and oxygen atoms in total. The molecule has 1 aromatic carbocycles. The minimum atomic E-state index is -2.92. The summed E-state index contributed by atoms with van der Waals surface area (Å²) < 4.78 is 23.2. The molecule has 2 N–H and O–H groups in total. The molecule has 148 valence electrons. The molecular formula is C17H26Cl2IN3O2S. The Labute approximate surface area is 183 Å². The second-order valence-electron chi connectivity index (χ2n) is 6.95. The van der Waals surface area contributed by atoms with Gasteiger partial charge in [-0.2, -0.15) is 0 Å². The van der Waals surface area contributed by atoms with Gasteiger partial charge in [0.2, 0.25) is 0 Å². The molecule has 1 aliphatic rings. The van der Waals surface area contributed by atoms with Gasteiger partial charge in [0.25, 0.3) is 0 Å². The van der Waals surface area contributed by atoms with Gasteiger partial charge >= 0.3 is 0 Å². The van der Waals surface area contributed by atoms with Crippen LogP contribution in [0.5, 0.6) is 0 Å². The number of rotatable bonds is 5. The third-order valence-corrected chi connectivity index (χ3v) is 6.76. The van der Waals surface area contributed by atoms with E-state index in [1.807, 2.05) is 19.1 Å². The molecule has 1 fully saturated rings. The van der Waals surface area contributed by atoms with Crippen LogP contribution in [0.3, 0.4) is 0 Å². The van der Waals surface area contributed by atoms with Crippen LogP contribution in [0, 0.1) is 0 Å². The third-order valence-electron chi connectivity index (χ3n) is 4.25.